The predicted molar refractivity (Wildman–Crippen MR) is 123 cm³/mol. The Morgan fingerprint density at radius 1 is 1.06 bits per heavy atom. The molecule has 0 spiro atoms. The lowest BCUT2D eigenvalue weighted by Crippen LogP contribution is -2.28. The van der Waals surface area contributed by atoms with Crippen molar-refractivity contribution in [1.82, 2.24) is 24.2 Å². The Labute approximate surface area is 207 Å². The van der Waals surface area contributed by atoms with Gasteiger partial charge < -0.3 is 4.90 Å². The van der Waals surface area contributed by atoms with Crippen LogP contribution in [-0.4, -0.2) is 37.2 Å². The maximum Gasteiger partial charge on any atom is 0.272 e. The molecule has 0 aliphatic heterocycles. The fourth-order valence-electron chi connectivity index (χ4n) is 3.66. The van der Waals surface area contributed by atoms with Crippen molar-refractivity contribution in [3.8, 4) is 5.69 Å². The van der Waals surface area contributed by atoms with Crippen LogP contribution in [0.3, 0.4) is 0 Å². The monoisotopic (exact) mass is 521 g/mol. The van der Waals surface area contributed by atoms with E-state index in [9.17, 15) is 26.7 Å². The number of nitrogens with zero attached hydrogens (tertiary/aromatic N) is 5. The van der Waals surface area contributed by atoms with Gasteiger partial charge in [0, 0.05) is 44.2 Å². The minimum Gasteiger partial charge on any atom is -0.336 e. The third-order valence-electron chi connectivity index (χ3n) is 5.43. The molecule has 0 bridgehead atoms. The number of thioether (sulfide) groups is 1. The number of imidazole rings is 1. The van der Waals surface area contributed by atoms with Crippen LogP contribution in [0.5, 0.6) is 0 Å². The Morgan fingerprint density at radius 2 is 1.69 bits per heavy atom. The summed E-state index contributed by atoms with van der Waals surface area (Å²) in [5.74, 6) is -7.13. The quantitative estimate of drug-likeness (QED) is 0.191. The number of amides is 1. The first-order valence-corrected chi connectivity index (χ1v) is 11.6. The summed E-state index contributed by atoms with van der Waals surface area (Å²) in [6, 6.07) is 5.33. The average Bonchev–Trinajstić information content (AvgIpc) is 3.39. The van der Waals surface area contributed by atoms with E-state index in [0.717, 1.165) is 11.3 Å². The zero-order chi connectivity index (χ0) is 26.1. The number of carbonyl (C=O) groups excluding carboxylic acids is 1. The number of benzene rings is 2. The third-order valence-corrected chi connectivity index (χ3v) is 6.47. The standard InChI is InChI=1S/C24H20F5N5OS/c1-13-14(11-33(3)31-13)10-32(2)24(35)19-9-30-20(34(19)16-6-4-15(25)5-7-16)12-36-23-21(28)17(26)8-18(27)22(23)29/h4-9,11H,10,12H2,1-3H3. The Bertz CT molecular complexity index is 1410. The molecule has 4 aromatic rings. The normalized spacial score (nSPS) is 11.2. The van der Waals surface area contributed by atoms with Crippen molar-refractivity contribution >= 4 is 17.7 Å². The van der Waals surface area contributed by atoms with Crippen molar-refractivity contribution in [2.45, 2.75) is 24.1 Å². The van der Waals surface area contributed by atoms with Crippen LogP contribution in [0.4, 0.5) is 22.0 Å². The lowest BCUT2D eigenvalue weighted by atomic mass is 10.2. The number of hydrogen-bond acceptors (Lipinski definition) is 4. The number of carbonyl (C=O) groups is 1. The van der Waals surface area contributed by atoms with Crippen molar-refractivity contribution in [2.75, 3.05) is 7.05 Å². The van der Waals surface area contributed by atoms with Crippen molar-refractivity contribution < 1.29 is 26.7 Å². The van der Waals surface area contributed by atoms with Crippen molar-refractivity contribution in [3.63, 3.8) is 0 Å². The summed E-state index contributed by atoms with van der Waals surface area (Å²) in [6.45, 7) is 2.06. The number of aryl methyl sites for hydroxylation is 2. The van der Waals surface area contributed by atoms with Gasteiger partial charge in [-0.2, -0.15) is 5.10 Å². The van der Waals surface area contributed by atoms with Gasteiger partial charge in [-0.15, -0.1) is 11.8 Å². The Kier molecular flexibility index (Phi) is 7.16. The highest BCUT2D eigenvalue weighted by Crippen LogP contribution is 2.32. The Morgan fingerprint density at radius 3 is 2.28 bits per heavy atom. The van der Waals surface area contributed by atoms with Crippen LogP contribution in [0.1, 0.15) is 27.6 Å². The fourth-order valence-corrected chi connectivity index (χ4v) is 4.59. The maximum absolute atomic E-state index is 14.2. The van der Waals surface area contributed by atoms with Crippen molar-refractivity contribution in [1.29, 1.82) is 0 Å². The third kappa shape index (κ3) is 4.99. The first kappa shape index (κ1) is 25.4. The second kappa shape index (κ2) is 10.1. The topological polar surface area (TPSA) is 56.0 Å². The van der Waals surface area contributed by atoms with E-state index in [-0.39, 0.29) is 29.9 Å². The van der Waals surface area contributed by atoms with E-state index in [0.29, 0.717) is 17.4 Å². The van der Waals surface area contributed by atoms with Gasteiger partial charge in [-0.1, -0.05) is 0 Å². The molecule has 6 nitrogen and oxygen atoms in total. The van der Waals surface area contributed by atoms with Crippen LogP contribution in [-0.2, 0) is 19.3 Å². The minimum absolute atomic E-state index is 0.104. The fraction of sp³-hybridized carbons (Fsp3) is 0.208. The largest absolute Gasteiger partial charge is 0.336 e. The predicted octanol–water partition coefficient (Wildman–Crippen LogP) is 5.17. The molecule has 2 aromatic heterocycles. The molecule has 2 aromatic carbocycles. The average molecular weight is 522 g/mol. The lowest BCUT2D eigenvalue weighted by molar-refractivity contribution is 0.0776. The molecular formula is C24H20F5N5OS. The van der Waals surface area contributed by atoms with E-state index in [1.807, 2.05) is 6.92 Å². The molecule has 0 atom stereocenters. The summed E-state index contributed by atoms with van der Waals surface area (Å²) in [5, 5.41) is 4.26. The summed E-state index contributed by atoms with van der Waals surface area (Å²) < 4.78 is 72.2. The second-order valence-electron chi connectivity index (χ2n) is 8.03. The molecule has 0 saturated heterocycles. The van der Waals surface area contributed by atoms with E-state index in [1.165, 1.54) is 39.9 Å². The summed E-state index contributed by atoms with van der Waals surface area (Å²) in [6.07, 6.45) is 3.08. The number of halogens is 5. The van der Waals surface area contributed by atoms with Crippen LogP contribution < -0.4 is 0 Å². The summed E-state index contributed by atoms with van der Waals surface area (Å²) in [5.41, 5.74) is 2.06. The van der Waals surface area contributed by atoms with E-state index in [1.54, 1.807) is 25.0 Å². The highest BCUT2D eigenvalue weighted by atomic mass is 32.2. The van der Waals surface area contributed by atoms with Crippen LogP contribution >= 0.6 is 11.8 Å². The van der Waals surface area contributed by atoms with Gasteiger partial charge in [0.1, 0.15) is 17.3 Å². The maximum atomic E-state index is 14.2. The first-order chi connectivity index (χ1) is 17.1. The summed E-state index contributed by atoms with van der Waals surface area (Å²) in [7, 11) is 3.35. The Hall–Kier alpha value is -3.67. The number of rotatable bonds is 7. The molecule has 0 aliphatic rings. The highest BCUT2D eigenvalue weighted by molar-refractivity contribution is 7.98. The molecule has 0 saturated carbocycles. The van der Waals surface area contributed by atoms with Gasteiger partial charge in [0.2, 0.25) is 0 Å². The van der Waals surface area contributed by atoms with Crippen molar-refractivity contribution in [2.24, 2.45) is 7.05 Å². The summed E-state index contributed by atoms with van der Waals surface area (Å²) in [4.78, 5) is 18.2. The molecule has 36 heavy (non-hydrogen) atoms. The zero-order valence-corrected chi connectivity index (χ0v) is 20.2. The first-order valence-electron chi connectivity index (χ1n) is 10.6. The molecule has 12 heteroatoms. The zero-order valence-electron chi connectivity index (χ0n) is 19.4. The SMILES string of the molecule is Cc1nn(C)cc1CN(C)C(=O)c1cnc(CSc2c(F)c(F)cc(F)c2F)n1-c1ccc(F)cc1. The van der Waals surface area contributed by atoms with E-state index >= 15 is 0 Å². The molecule has 1 amide bonds. The van der Waals surface area contributed by atoms with E-state index in [2.05, 4.69) is 10.1 Å². The minimum atomic E-state index is -1.53. The van der Waals surface area contributed by atoms with Crippen LogP contribution in [0, 0.1) is 36.0 Å². The Balaban J connectivity index is 1.69. The molecule has 0 fully saturated rings. The van der Waals surface area contributed by atoms with Gasteiger partial charge in [0.15, 0.2) is 23.3 Å². The molecule has 0 N–H and O–H groups in total. The number of hydrogen-bond donors (Lipinski definition) is 0. The van der Waals surface area contributed by atoms with Crippen LogP contribution in [0.2, 0.25) is 0 Å². The molecule has 0 unspecified atom stereocenters. The lowest BCUT2D eigenvalue weighted by Gasteiger charge is -2.19. The van der Waals surface area contributed by atoms with Gasteiger partial charge in [0.05, 0.1) is 22.5 Å². The van der Waals surface area contributed by atoms with Gasteiger partial charge in [0.25, 0.3) is 5.91 Å². The van der Waals surface area contributed by atoms with Gasteiger partial charge in [-0.3, -0.25) is 14.0 Å². The smallest absolute Gasteiger partial charge is 0.272 e. The van der Waals surface area contributed by atoms with Gasteiger partial charge >= 0.3 is 0 Å². The molecule has 4 rings (SSSR count). The van der Waals surface area contributed by atoms with E-state index < -0.39 is 39.9 Å². The van der Waals surface area contributed by atoms with Crippen LogP contribution in [0.15, 0.2) is 47.6 Å². The van der Waals surface area contributed by atoms with Gasteiger partial charge in [-0.05, 0) is 31.2 Å². The highest BCUT2D eigenvalue weighted by Gasteiger charge is 2.24. The molecular weight excluding hydrogens is 501 g/mol. The second-order valence-corrected chi connectivity index (χ2v) is 9.02. The number of aromatic nitrogens is 4. The molecule has 188 valence electrons. The summed E-state index contributed by atoms with van der Waals surface area (Å²) >= 11 is 0.485. The molecule has 2 heterocycles. The van der Waals surface area contributed by atoms with Gasteiger partial charge in [-0.25, -0.2) is 26.9 Å². The molecule has 0 aliphatic carbocycles. The van der Waals surface area contributed by atoms with Crippen LogP contribution in [0.25, 0.3) is 5.69 Å². The van der Waals surface area contributed by atoms with E-state index in [4.69, 9.17) is 0 Å². The molecule has 0 radical (unpaired) electrons. The van der Waals surface area contributed by atoms with Crippen molar-refractivity contribution in [3.05, 3.63) is 94.6 Å².